The maximum Gasteiger partial charge on any atom is 0.416 e. The van der Waals surface area contributed by atoms with Gasteiger partial charge in [-0.3, -0.25) is 9.59 Å². The summed E-state index contributed by atoms with van der Waals surface area (Å²) in [4.78, 5) is 27.4. The first kappa shape index (κ1) is 19.2. The molecular formula is C16H20F3N3O3. The van der Waals surface area contributed by atoms with Crippen LogP contribution in [-0.2, 0) is 15.7 Å². The largest absolute Gasteiger partial charge is 0.416 e. The van der Waals surface area contributed by atoms with Crippen molar-refractivity contribution in [3.05, 3.63) is 35.4 Å². The summed E-state index contributed by atoms with van der Waals surface area (Å²) in [6, 6.07) is 3.55. The number of methoxy groups -OCH3 is 1. The monoisotopic (exact) mass is 359 g/mol. The number of carbonyl (C=O) groups excluding carboxylic acids is 2. The molecule has 0 radical (unpaired) electrons. The molecule has 2 N–H and O–H groups in total. The van der Waals surface area contributed by atoms with E-state index in [1.54, 1.807) is 0 Å². The lowest BCUT2D eigenvalue weighted by atomic mass is 10.1. The normalized spacial score (nSPS) is 16.7. The number of benzene rings is 1. The van der Waals surface area contributed by atoms with Crippen LogP contribution in [0.15, 0.2) is 24.3 Å². The number of hydrogen-bond donors (Lipinski definition) is 1. The van der Waals surface area contributed by atoms with Crippen molar-refractivity contribution in [1.29, 1.82) is 0 Å². The quantitative estimate of drug-likeness (QED) is 0.869. The number of ether oxygens (including phenoxy) is 1. The maximum atomic E-state index is 12.8. The van der Waals surface area contributed by atoms with Crippen molar-refractivity contribution in [2.24, 2.45) is 5.73 Å². The van der Waals surface area contributed by atoms with Crippen LogP contribution in [0.1, 0.15) is 15.9 Å². The molecule has 0 aliphatic carbocycles. The minimum absolute atomic E-state index is 0.0225. The van der Waals surface area contributed by atoms with Gasteiger partial charge < -0.3 is 20.3 Å². The lowest BCUT2D eigenvalue weighted by Crippen LogP contribution is -2.55. The molecule has 1 saturated heterocycles. The molecule has 2 amide bonds. The number of alkyl halides is 3. The third kappa shape index (κ3) is 4.70. The molecule has 0 aromatic heterocycles. The highest BCUT2D eigenvalue weighted by Gasteiger charge is 2.32. The summed E-state index contributed by atoms with van der Waals surface area (Å²) >= 11 is 0. The zero-order chi connectivity index (χ0) is 18.6. The van der Waals surface area contributed by atoms with E-state index in [-0.39, 0.29) is 44.3 Å². The summed E-state index contributed by atoms with van der Waals surface area (Å²) in [7, 11) is 1.44. The molecule has 1 unspecified atom stereocenters. The fraction of sp³-hybridized carbons (Fsp3) is 0.500. The Bertz CT molecular complexity index is 629. The molecule has 9 heteroatoms. The van der Waals surface area contributed by atoms with Crippen LogP contribution >= 0.6 is 0 Å². The van der Waals surface area contributed by atoms with Crippen LogP contribution in [-0.4, -0.2) is 67.6 Å². The van der Waals surface area contributed by atoms with Gasteiger partial charge in [-0.1, -0.05) is 6.07 Å². The Labute approximate surface area is 143 Å². The lowest BCUT2D eigenvalue weighted by Gasteiger charge is -2.36. The van der Waals surface area contributed by atoms with Gasteiger partial charge in [0.05, 0.1) is 12.2 Å². The van der Waals surface area contributed by atoms with Gasteiger partial charge in [-0.15, -0.1) is 0 Å². The van der Waals surface area contributed by atoms with E-state index < -0.39 is 23.7 Å². The van der Waals surface area contributed by atoms with E-state index in [1.807, 2.05) is 0 Å². The Morgan fingerprint density at radius 1 is 1.20 bits per heavy atom. The van der Waals surface area contributed by atoms with Crippen LogP contribution in [0, 0.1) is 0 Å². The predicted molar refractivity (Wildman–Crippen MR) is 83.8 cm³/mol. The molecular weight excluding hydrogens is 339 g/mol. The van der Waals surface area contributed by atoms with E-state index in [2.05, 4.69) is 0 Å². The molecule has 0 spiro atoms. The molecule has 138 valence electrons. The molecule has 1 aliphatic rings. The lowest BCUT2D eigenvalue weighted by molar-refractivity contribution is -0.137. The van der Waals surface area contributed by atoms with E-state index >= 15 is 0 Å². The Morgan fingerprint density at radius 3 is 2.36 bits per heavy atom. The van der Waals surface area contributed by atoms with Gasteiger partial charge in [-0.05, 0) is 18.2 Å². The topological polar surface area (TPSA) is 75.9 Å². The van der Waals surface area contributed by atoms with Gasteiger partial charge in [-0.25, -0.2) is 0 Å². The van der Waals surface area contributed by atoms with E-state index in [4.69, 9.17) is 10.5 Å². The van der Waals surface area contributed by atoms with Crippen molar-refractivity contribution >= 4 is 11.8 Å². The second kappa shape index (κ2) is 7.83. The Kier molecular flexibility index (Phi) is 6.02. The van der Waals surface area contributed by atoms with E-state index in [0.29, 0.717) is 0 Å². The maximum absolute atomic E-state index is 12.8. The molecule has 2 rings (SSSR count). The van der Waals surface area contributed by atoms with Gasteiger partial charge in [0, 0.05) is 38.9 Å². The summed E-state index contributed by atoms with van der Waals surface area (Å²) in [6.45, 7) is 1.13. The Morgan fingerprint density at radius 2 is 1.80 bits per heavy atom. The summed E-state index contributed by atoms with van der Waals surface area (Å²) in [5, 5.41) is 0. The number of hydrogen-bond acceptors (Lipinski definition) is 4. The zero-order valence-corrected chi connectivity index (χ0v) is 13.8. The summed E-state index contributed by atoms with van der Waals surface area (Å²) in [5.41, 5.74) is 4.81. The van der Waals surface area contributed by atoms with Crippen molar-refractivity contribution in [2.45, 2.75) is 12.2 Å². The van der Waals surface area contributed by atoms with Gasteiger partial charge in [0.2, 0.25) is 5.91 Å². The predicted octanol–water partition coefficient (Wildman–Crippen LogP) is 0.964. The highest BCUT2D eigenvalue weighted by molar-refractivity contribution is 5.94. The van der Waals surface area contributed by atoms with Crippen LogP contribution < -0.4 is 5.73 Å². The number of nitrogens with zero attached hydrogens (tertiary/aromatic N) is 2. The third-order valence-corrected chi connectivity index (χ3v) is 3.98. The summed E-state index contributed by atoms with van der Waals surface area (Å²) in [5.74, 6) is -0.757. The second-order valence-corrected chi connectivity index (χ2v) is 5.76. The third-order valence-electron chi connectivity index (χ3n) is 3.98. The van der Waals surface area contributed by atoms with Crippen molar-refractivity contribution in [3.63, 3.8) is 0 Å². The first-order valence-electron chi connectivity index (χ1n) is 7.74. The molecule has 0 bridgehead atoms. The SMILES string of the molecule is COCC(N)C(=O)N1CCN(C(=O)c2cccc(C(F)(F)F)c2)CC1. The number of piperazine rings is 1. The smallest absolute Gasteiger partial charge is 0.383 e. The minimum Gasteiger partial charge on any atom is -0.383 e. The van der Waals surface area contributed by atoms with Crippen LogP contribution in [0.2, 0.25) is 0 Å². The van der Waals surface area contributed by atoms with E-state index in [9.17, 15) is 22.8 Å². The van der Waals surface area contributed by atoms with Gasteiger partial charge in [0.15, 0.2) is 0 Å². The Balaban J connectivity index is 1.99. The molecule has 1 heterocycles. The first-order valence-corrected chi connectivity index (χ1v) is 7.74. The molecule has 25 heavy (non-hydrogen) atoms. The summed E-state index contributed by atoms with van der Waals surface area (Å²) in [6.07, 6.45) is -4.50. The summed E-state index contributed by atoms with van der Waals surface area (Å²) < 4.78 is 43.1. The molecule has 1 aromatic carbocycles. The molecule has 1 aliphatic heterocycles. The highest BCUT2D eigenvalue weighted by Crippen LogP contribution is 2.29. The number of halogens is 3. The molecule has 1 aromatic rings. The zero-order valence-electron chi connectivity index (χ0n) is 13.8. The van der Waals surface area contributed by atoms with E-state index in [1.165, 1.54) is 29.0 Å². The van der Waals surface area contributed by atoms with Gasteiger partial charge >= 0.3 is 6.18 Å². The average Bonchev–Trinajstić information content (AvgIpc) is 2.60. The van der Waals surface area contributed by atoms with Crippen LogP contribution in [0.5, 0.6) is 0 Å². The minimum atomic E-state index is -4.50. The van der Waals surface area contributed by atoms with Crippen LogP contribution in [0.4, 0.5) is 13.2 Å². The van der Waals surface area contributed by atoms with Gasteiger partial charge in [0.1, 0.15) is 6.04 Å². The highest BCUT2D eigenvalue weighted by atomic mass is 19.4. The number of carbonyl (C=O) groups is 2. The molecule has 1 fully saturated rings. The van der Waals surface area contributed by atoms with Crippen LogP contribution in [0.25, 0.3) is 0 Å². The number of rotatable bonds is 4. The fourth-order valence-corrected chi connectivity index (χ4v) is 2.63. The van der Waals surface area contributed by atoms with Crippen molar-refractivity contribution < 1.29 is 27.5 Å². The first-order chi connectivity index (χ1) is 11.7. The van der Waals surface area contributed by atoms with Gasteiger partial charge in [0.25, 0.3) is 5.91 Å². The standard InChI is InChI=1S/C16H20F3N3O3/c1-25-10-13(20)15(24)22-7-5-21(6-8-22)14(23)11-3-2-4-12(9-11)16(17,18)19/h2-4,9,13H,5-8,10,20H2,1H3. The number of amides is 2. The van der Waals surface area contributed by atoms with Crippen molar-refractivity contribution in [2.75, 3.05) is 39.9 Å². The van der Waals surface area contributed by atoms with Gasteiger partial charge in [-0.2, -0.15) is 13.2 Å². The van der Waals surface area contributed by atoms with Crippen molar-refractivity contribution in [3.8, 4) is 0 Å². The fourth-order valence-electron chi connectivity index (χ4n) is 2.63. The van der Waals surface area contributed by atoms with Crippen LogP contribution in [0.3, 0.4) is 0 Å². The molecule has 0 saturated carbocycles. The molecule has 1 atom stereocenters. The average molecular weight is 359 g/mol. The molecule has 6 nitrogen and oxygen atoms in total. The Hall–Kier alpha value is -2.13. The van der Waals surface area contributed by atoms with E-state index in [0.717, 1.165) is 12.1 Å². The number of nitrogens with two attached hydrogens (primary N) is 1. The van der Waals surface area contributed by atoms with Crippen molar-refractivity contribution in [1.82, 2.24) is 9.80 Å². The second-order valence-electron chi connectivity index (χ2n) is 5.76.